The summed E-state index contributed by atoms with van der Waals surface area (Å²) in [6.07, 6.45) is 1.66. The molecule has 15 heavy (non-hydrogen) atoms. The van der Waals surface area contributed by atoms with Crippen LogP contribution in [0, 0.1) is 0 Å². The third kappa shape index (κ3) is 5.13. The van der Waals surface area contributed by atoms with Crippen molar-refractivity contribution in [3.8, 4) is 0 Å². The van der Waals surface area contributed by atoms with E-state index >= 15 is 0 Å². The predicted octanol–water partition coefficient (Wildman–Crippen LogP) is 0.360. The van der Waals surface area contributed by atoms with Crippen molar-refractivity contribution in [2.24, 2.45) is 5.73 Å². The number of hydrogen-bond donors (Lipinski definition) is 2. The van der Waals surface area contributed by atoms with Gasteiger partial charge in [-0.15, -0.1) is 0 Å². The first-order chi connectivity index (χ1) is 6.75. The molecule has 1 unspecified atom stereocenters. The third-order valence-corrected chi connectivity index (χ3v) is 3.45. The van der Waals surface area contributed by atoms with Crippen LogP contribution < -0.4 is 10.5 Å². The fraction of sp³-hybridized carbons (Fsp3) is 0.889. The number of nitrogens with two attached hydrogens (primary N) is 1. The third-order valence-electron chi connectivity index (χ3n) is 2.01. The summed E-state index contributed by atoms with van der Waals surface area (Å²) in [6, 6.07) is 0. The molecule has 0 radical (unpaired) electrons. The van der Waals surface area contributed by atoms with Crippen LogP contribution in [0.15, 0.2) is 0 Å². The normalized spacial score (nSPS) is 15.7. The summed E-state index contributed by atoms with van der Waals surface area (Å²) in [7, 11) is -3.51. The van der Waals surface area contributed by atoms with Gasteiger partial charge in [-0.3, -0.25) is 9.52 Å². The monoisotopic (exact) mass is 236 g/mol. The van der Waals surface area contributed by atoms with Gasteiger partial charge in [-0.1, -0.05) is 20.3 Å². The van der Waals surface area contributed by atoms with Crippen molar-refractivity contribution in [1.82, 2.24) is 4.72 Å². The first-order valence-electron chi connectivity index (χ1n) is 5.09. The lowest BCUT2D eigenvalue weighted by Crippen LogP contribution is -2.53. The molecule has 0 aromatic heterocycles. The molecule has 0 fully saturated rings. The molecule has 0 saturated heterocycles. The predicted molar refractivity (Wildman–Crippen MR) is 59.7 cm³/mol. The van der Waals surface area contributed by atoms with E-state index in [4.69, 9.17) is 5.73 Å². The lowest BCUT2D eigenvalue weighted by atomic mass is 9.97. The number of nitrogens with one attached hydrogen (secondary N) is 1. The zero-order chi connectivity index (χ0) is 12.1. The Balaban J connectivity index is 4.49. The molecule has 0 aliphatic heterocycles. The average molecular weight is 236 g/mol. The Morgan fingerprint density at radius 3 is 2.27 bits per heavy atom. The molecule has 0 rings (SSSR count). The molecule has 0 aliphatic carbocycles. The first-order valence-corrected chi connectivity index (χ1v) is 6.74. The van der Waals surface area contributed by atoms with Gasteiger partial charge in [0, 0.05) is 0 Å². The van der Waals surface area contributed by atoms with E-state index in [2.05, 4.69) is 0 Å². The van der Waals surface area contributed by atoms with Gasteiger partial charge in [0.1, 0.15) is 0 Å². The number of sulfonamides is 1. The van der Waals surface area contributed by atoms with Gasteiger partial charge in [-0.05, 0) is 19.8 Å². The van der Waals surface area contributed by atoms with Gasteiger partial charge in [0.25, 0.3) is 5.91 Å². The van der Waals surface area contributed by atoms with Crippen LogP contribution >= 0.6 is 0 Å². The topological polar surface area (TPSA) is 89.3 Å². The van der Waals surface area contributed by atoms with E-state index in [0.717, 1.165) is 6.42 Å². The van der Waals surface area contributed by atoms with E-state index in [-0.39, 0.29) is 5.75 Å². The second-order valence-corrected chi connectivity index (χ2v) is 5.76. The van der Waals surface area contributed by atoms with E-state index < -0.39 is 21.5 Å². The van der Waals surface area contributed by atoms with Gasteiger partial charge in [0.05, 0.1) is 11.3 Å². The zero-order valence-electron chi connectivity index (χ0n) is 9.54. The molecule has 5 nitrogen and oxygen atoms in total. The lowest BCUT2D eigenvalue weighted by molar-refractivity contribution is -0.124. The minimum absolute atomic E-state index is 0.0546. The highest BCUT2D eigenvalue weighted by atomic mass is 32.2. The Kier molecular flexibility index (Phi) is 5.23. The number of amides is 1. The Bertz CT molecular complexity index is 309. The number of carbonyl (C=O) groups is 1. The van der Waals surface area contributed by atoms with Crippen molar-refractivity contribution < 1.29 is 13.2 Å². The number of rotatable bonds is 6. The summed E-state index contributed by atoms with van der Waals surface area (Å²) in [4.78, 5) is 11.5. The number of hydrogen-bond acceptors (Lipinski definition) is 4. The van der Waals surface area contributed by atoms with Crippen LogP contribution in [0.1, 0.15) is 40.0 Å². The van der Waals surface area contributed by atoms with Gasteiger partial charge >= 0.3 is 0 Å². The van der Waals surface area contributed by atoms with Gasteiger partial charge in [0.2, 0.25) is 10.0 Å². The second-order valence-electron chi connectivity index (χ2n) is 3.92. The van der Waals surface area contributed by atoms with Crippen molar-refractivity contribution in [2.45, 2.75) is 45.6 Å². The minimum atomic E-state index is -3.51. The molecule has 90 valence electrons. The fourth-order valence-electron chi connectivity index (χ4n) is 1.21. The standard InChI is InChI=1S/C9H20N2O3S/c1-4-6-9(3,10)8(12)11-15(13,14)7-5-2/h4-7,10H2,1-3H3,(H,11,12). The van der Waals surface area contributed by atoms with Gasteiger partial charge < -0.3 is 5.73 Å². The van der Waals surface area contributed by atoms with Crippen molar-refractivity contribution in [2.75, 3.05) is 5.75 Å². The van der Waals surface area contributed by atoms with E-state index in [1.165, 1.54) is 6.92 Å². The van der Waals surface area contributed by atoms with E-state index in [9.17, 15) is 13.2 Å². The molecule has 0 aromatic rings. The molecule has 3 N–H and O–H groups in total. The van der Waals surface area contributed by atoms with Crippen molar-refractivity contribution in [3.05, 3.63) is 0 Å². The van der Waals surface area contributed by atoms with Gasteiger partial charge in [-0.2, -0.15) is 0 Å². The minimum Gasteiger partial charge on any atom is -0.318 e. The molecule has 6 heteroatoms. The van der Waals surface area contributed by atoms with Gasteiger partial charge in [-0.25, -0.2) is 8.42 Å². The summed E-state index contributed by atoms with van der Waals surface area (Å²) in [6.45, 7) is 5.16. The average Bonchev–Trinajstić information content (AvgIpc) is 2.02. The molecule has 0 aliphatic rings. The zero-order valence-corrected chi connectivity index (χ0v) is 10.4. The summed E-state index contributed by atoms with van der Waals surface area (Å²) in [5.41, 5.74) is 4.58. The molecule has 0 bridgehead atoms. The van der Waals surface area contributed by atoms with Crippen LogP contribution in [0.3, 0.4) is 0 Å². The Labute approximate surface area is 91.5 Å². The maximum absolute atomic E-state index is 11.5. The Morgan fingerprint density at radius 1 is 1.33 bits per heavy atom. The van der Waals surface area contributed by atoms with Crippen molar-refractivity contribution in [3.63, 3.8) is 0 Å². The van der Waals surface area contributed by atoms with E-state index in [1.54, 1.807) is 6.92 Å². The van der Waals surface area contributed by atoms with Crippen molar-refractivity contribution >= 4 is 15.9 Å². The highest BCUT2D eigenvalue weighted by molar-refractivity contribution is 7.90. The van der Waals surface area contributed by atoms with Gasteiger partial charge in [0.15, 0.2) is 0 Å². The van der Waals surface area contributed by atoms with E-state index in [1.807, 2.05) is 11.6 Å². The van der Waals surface area contributed by atoms with Crippen LogP contribution in [0.4, 0.5) is 0 Å². The molecular weight excluding hydrogens is 216 g/mol. The van der Waals surface area contributed by atoms with Crippen LogP contribution in [0.2, 0.25) is 0 Å². The summed E-state index contributed by atoms with van der Waals surface area (Å²) in [5, 5.41) is 0. The highest BCUT2D eigenvalue weighted by Gasteiger charge is 2.30. The quantitative estimate of drug-likeness (QED) is 0.697. The first kappa shape index (κ1) is 14.4. The van der Waals surface area contributed by atoms with Crippen LogP contribution in [0.25, 0.3) is 0 Å². The molecule has 0 saturated carbocycles. The van der Waals surface area contributed by atoms with E-state index in [0.29, 0.717) is 12.8 Å². The summed E-state index contributed by atoms with van der Waals surface area (Å²) < 4.78 is 24.6. The Morgan fingerprint density at radius 2 is 1.87 bits per heavy atom. The Hall–Kier alpha value is -0.620. The van der Waals surface area contributed by atoms with Crippen LogP contribution in [0.5, 0.6) is 0 Å². The molecule has 1 atom stereocenters. The molecule has 0 spiro atoms. The maximum Gasteiger partial charge on any atom is 0.253 e. The maximum atomic E-state index is 11.5. The van der Waals surface area contributed by atoms with Crippen molar-refractivity contribution in [1.29, 1.82) is 0 Å². The molecule has 1 amide bonds. The second kappa shape index (κ2) is 5.46. The molecule has 0 heterocycles. The molecule has 0 aromatic carbocycles. The molecular formula is C9H20N2O3S. The van der Waals surface area contributed by atoms with Crippen LogP contribution in [-0.4, -0.2) is 25.6 Å². The van der Waals surface area contributed by atoms with Crippen LogP contribution in [-0.2, 0) is 14.8 Å². The number of carbonyl (C=O) groups excluding carboxylic acids is 1. The smallest absolute Gasteiger partial charge is 0.253 e. The summed E-state index contributed by atoms with van der Waals surface area (Å²) in [5.74, 6) is -0.682. The largest absolute Gasteiger partial charge is 0.318 e. The SMILES string of the molecule is CCCC(C)(N)C(=O)NS(=O)(=O)CCC. The summed E-state index contributed by atoms with van der Waals surface area (Å²) >= 11 is 0. The highest BCUT2D eigenvalue weighted by Crippen LogP contribution is 2.09. The fourth-order valence-corrected chi connectivity index (χ4v) is 2.37. The lowest BCUT2D eigenvalue weighted by Gasteiger charge is -2.22.